The van der Waals surface area contributed by atoms with Crippen molar-refractivity contribution >= 4 is 29.3 Å². The minimum absolute atomic E-state index is 0.0917. The molecule has 1 saturated heterocycles. The van der Waals surface area contributed by atoms with E-state index in [0.717, 1.165) is 43.3 Å². The van der Waals surface area contributed by atoms with Gasteiger partial charge in [-0.15, -0.1) is 11.8 Å². The first-order chi connectivity index (χ1) is 14.1. The van der Waals surface area contributed by atoms with Crippen molar-refractivity contribution in [3.05, 3.63) is 59.7 Å². The fourth-order valence-corrected chi connectivity index (χ4v) is 5.03. The largest absolute Gasteiger partial charge is 0.331 e. The number of quaternary nitrogens is 1. The van der Waals surface area contributed by atoms with Gasteiger partial charge in [-0.2, -0.15) is 0 Å². The van der Waals surface area contributed by atoms with E-state index >= 15 is 0 Å². The smallest absolute Gasteiger partial charge is 0.237 e. The standard InChI is InChI=1S/C23H27N3O2S/c1-18-6-2-3-7-19(18)16-24-12-14-25(15-13-24)22(27)10-11-26-20-8-4-5-9-21(20)29-17-23(26)28/h2-9H,10-17H2,1H3/p+1. The summed E-state index contributed by atoms with van der Waals surface area (Å²) in [6.07, 6.45) is 0.387. The van der Waals surface area contributed by atoms with Gasteiger partial charge < -0.3 is 14.7 Å². The predicted molar refractivity (Wildman–Crippen MR) is 116 cm³/mol. The van der Waals surface area contributed by atoms with E-state index in [2.05, 4.69) is 31.2 Å². The molecule has 4 rings (SSSR count). The van der Waals surface area contributed by atoms with E-state index in [4.69, 9.17) is 0 Å². The number of nitrogens with zero attached hydrogens (tertiary/aromatic N) is 2. The van der Waals surface area contributed by atoms with E-state index in [-0.39, 0.29) is 11.8 Å². The first kappa shape index (κ1) is 20.0. The number of thioether (sulfide) groups is 1. The quantitative estimate of drug-likeness (QED) is 0.817. The van der Waals surface area contributed by atoms with Crippen LogP contribution in [0, 0.1) is 6.92 Å². The zero-order valence-electron chi connectivity index (χ0n) is 16.9. The van der Waals surface area contributed by atoms with Crippen LogP contribution >= 0.6 is 11.8 Å². The summed E-state index contributed by atoms with van der Waals surface area (Å²) in [7, 11) is 0. The number of carbonyl (C=O) groups excluding carboxylic acids is 2. The fraction of sp³-hybridized carbons (Fsp3) is 0.391. The van der Waals surface area contributed by atoms with E-state index in [1.165, 1.54) is 16.0 Å². The van der Waals surface area contributed by atoms with Crippen LogP contribution in [0.15, 0.2) is 53.4 Å². The lowest BCUT2D eigenvalue weighted by molar-refractivity contribution is -0.917. The van der Waals surface area contributed by atoms with Gasteiger partial charge in [-0.05, 0) is 24.6 Å². The SMILES string of the molecule is Cc1ccccc1C[NH+]1CCN(C(=O)CCN2C(=O)CSc3ccccc32)CC1. The molecular weight excluding hydrogens is 382 g/mol. The van der Waals surface area contributed by atoms with E-state index < -0.39 is 0 Å². The van der Waals surface area contributed by atoms with E-state index in [9.17, 15) is 9.59 Å². The normalized spacial score (nSPS) is 17.3. The Labute approximate surface area is 176 Å². The number of benzene rings is 2. The van der Waals surface area contributed by atoms with Crippen molar-refractivity contribution in [1.82, 2.24) is 4.90 Å². The highest BCUT2D eigenvalue weighted by Gasteiger charge is 2.27. The number of fused-ring (bicyclic) bond motifs is 1. The summed E-state index contributed by atoms with van der Waals surface area (Å²) in [5, 5.41) is 0. The molecular formula is C23H28N3O2S+. The van der Waals surface area contributed by atoms with Gasteiger partial charge in [0.25, 0.3) is 0 Å². The number of carbonyl (C=O) groups is 2. The number of aryl methyl sites for hydroxylation is 1. The Morgan fingerprint density at radius 1 is 1.07 bits per heavy atom. The Bertz CT molecular complexity index is 893. The van der Waals surface area contributed by atoms with Gasteiger partial charge in [-0.3, -0.25) is 9.59 Å². The Kier molecular flexibility index (Phi) is 6.21. The summed E-state index contributed by atoms with van der Waals surface area (Å²) in [5.74, 6) is 0.698. The van der Waals surface area contributed by atoms with Gasteiger partial charge in [0.1, 0.15) is 6.54 Å². The molecule has 2 aromatic rings. The van der Waals surface area contributed by atoms with Crippen LogP contribution in [0.25, 0.3) is 0 Å². The second kappa shape index (κ2) is 9.01. The highest BCUT2D eigenvalue weighted by molar-refractivity contribution is 8.00. The van der Waals surface area contributed by atoms with Crippen LogP contribution < -0.4 is 9.80 Å². The molecule has 152 valence electrons. The number of piperazine rings is 1. The maximum absolute atomic E-state index is 12.8. The third-order valence-electron chi connectivity index (χ3n) is 5.88. The predicted octanol–water partition coefficient (Wildman–Crippen LogP) is 1.75. The van der Waals surface area contributed by atoms with Crippen LogP contribution in [-0.4, -0.2) is 55.2 Å². The molecule has 6 heteroatoms. The summed E-state index contributed by atoms with van der Waals surface area (Å²) < 4.78 is 0. The topological polar surface area (TPSA) is 45.1 Å². The highest BCUT2D eigenvalue weighted by atomic mass is 32.2. The number of rotatable bonds is 5. The molecule has 2 aliphatic heterocycles. The third-order valence-corrected chi connectivity index (χ3v) is 6.93. The van der Waals surface area contributed by atoms with Crippen LogP contribution in [0.4, 0.5) is 5.69 Å². The lowest BCUT2D eigenvalue weighted by atomic mass is 10.1. The van der Waals surface area contributed by atoms with Crippen molar-refractivity contribution < 1.29 is 14.5 Å². The molecule has 0 spiro atoms. The molecule has 2 aromatic carbocycles. The molecule has 2 aliphatic rings. The van der Waals surface area contributed by atoms with Gasteiger partial charge in [0, 0.05) is 23.4 Å². The van der Waals surface area contributed by atoms with Crippen LogP contribution in [0.3, 0.4) is 0 Å². The monoisotopic (exact) mass is 410 g/mol. The van der Waals surface area contributed by atoms with Crippen molar-refractivity contribution in [2.75, 3.05) is 43.4 Å². The average molecular weight is 411 g/mol. The van der Waals surface area contributed by atoms with Crippen LogP contribution in [0.1, 0.15) is 17.5 Å². The van der Waals surface area contributed by atoms with Crippen LogP contribution in [0.5, 0.6) is 0 Å². The second-order valence-corrected chi connectivity index (χ2v) is 8.80. The molecule has 1 fully saturated rings. The van der Waals surface area contributed by atoms with Crippen molar-refractivity contribution in [3.8, 4) is 0 Å². The van der Waals surface area contributed by atoms with Gasteiger partial charge in [0.15, 0.2) is 0 Å². The molecule has 0 radical (unpaired) electrons. The highest BCUT2D eigenvalue weighted by Crippen LogP contribution is 2.34. The molecule has 0 aromatic heterocycles. The zero-order valence-corrected chi connectivity index (χ0v) is 17.7. The first-order valence-corrected chi connectivity index (χ1v) is 11.3. The molecule has 2 heterocycles. The Morgan fingerprint density at radius 3 is 2.59 bits per heavy atom. The van der Waals surface area contributed by atoms with E-state index in [1.54, 1.807) is 16.7 Å². The second-order valence-electron chi connectivity index (χ2n) is 7.79. The summed E-state index contributed by atoms with van der Waals surface area (Å²) in [6, 6.07) is 16.5. The van der Waals surface area contributed by atoms with Crippen LogP contribution in [-0.2, 0) is 16.1 Å². The van der Waals surface area contributed by atoms with Gasteiger partial charge in [0.05, 0.1) is 37.6 Å². The fourth-order valence-electron chi connectivity index (χ4n) is 4.09. The minimum Gasteiger partial charge on any atom is -0.331 e. The number of amides is 2. The number of anilines is 1. The minimum atomic E-state index is 0.0917. The number of nitrogens with one attached hydrogen (secondary N) is 1. The summed E-state index contributed by atoms with van der Waals surface area (Å²) in [5.41, 5.74) is 3.67. The molecule has 0 unspecified atom stereocenters. The third kappa shape index (κ3) is 4.65. The molecule has 2 amide bonds. The Morgan fingerprint density at radius 2 is 1.79 bits per heavy atom. The average Bonchev–Trinajstić information content (AvgIpc) is 2.75. The summed E-state index contributed by atoms with van der Waals surface area (Å²) in [6.45, 7) is 7.18. The first-order valence-electron chi connectivity index (χ1n) is 10.3. The molecule has 1 N–H and O–H groups in total. The Hall–Kier alpha value is -2.31. The van der Waals surface area contributed by atoms with Gasteiger partial charge in [-0.25, -0.2) is 0 Å². The number of hydrogen-bond donors (Lipinski definition) is 1. The lowest BCUT2D eigenvalue weighted by Gasteiger charge is -2.33. The lowest BCUT2D eigenvalue weighted by Crippen LogP contribution is -3.13. The van der Waals surface area contributed by atoms with E-state index in [0.29, 0.717) is 18.7 Å². The zero-order chi connectivity index (χ0) is 20.2. The van der Waals surface area contributed by atoms with Gasteiger partial charge in [-0.1, -0.05) is 36.4 Å². The van der Waals surface area contributed by atoms with Crippen molar-refractivity contribution in [1.29, 1.82) is 0 Å². The van der Waals surface area contributed by atoms with Crippen LogP contribution in [0.2, 0.25) is 0 Å². The van der Waals surface area contributed by atoms with E-state index in [1.807, 2.05) is 29.2 Å². The Balaban J connectivity index is 1.28. The van der Waals surface area contributed by atoms with Crippen molar-refractivity contribution in [3.63, 3.8) is 0 Å². The molecule has 29 heavy (non-hydrogen) atoms. The summed E-state index contributed by atoms with van der Waals surface area (Å²) in [4.78, 5) is 31.5. The number of hydrogen-bond acceptors (Lipinski definition) is 3. The molecule has 5 nitrogen and oxygen atoms in total. The molecule has 0 saturated carbocycles. The van der Waals surface area contributed by atoms with Gasteiger partial charge >= 0.3 is 0 Å². The maximum Gasteiger partial charge on any atom is 0.237 e. The van der Waals surface area contributed by atoms with Crippen molar-refractivity contribution in [2.24, 2.45) is 0 Å². The molecule has 0 aliphatic carbocycles. The summed E-state index contributed by atoms with van der Waals surface area (Å²) >= 11 is 1.58. The molecule has 0 atom stereocenters. The van der Waals surface area contributed by atoms with Crippen molar-refractivity contribution in [2.45, 2.75) is 24.8 Å². The number of para-hydroxylation sites is 1. The molecule has 0 bridgehead atoms. The maximum atomic E-state index is 12.8. The van der Waals surface area contributed by atoms with Gasteiger partial charge in [0.2, 0.25) is 11.8 Å².